The van der Waals surface area contributed by atoms with Gasteiger partial charge in [0, 0.05) is 22.6 Å². The van der Waals surface area contributed by atoms with Gasteiger partial charge in [-0.2, -0.15) is 0 Å². The maximum absolute atomic E-state index is 14.2. The Morgan fingerprint density at radius 2 is 2.10 bits per heavy atom. The van der Waals surface area contributed by atoms with Crippen LogP contribution in [0.4, 0.5) is 4.39 Å². The molecule has 2 aliphatic heterocycles. The van der Waals surface area contributed by atoms with E-state index in [4.69, 9.17) is 9.47 Å². The topological polar surface area (TPSA) is 111 Å². The van der Waals surface area contributed by atoms with Crippen molar-refractivity contribution in [3.8, 4) is 17.1 Å². The fourth-order valence-electron chi connectivity index (χ4n) is 4.03. The summed E-state index contributed by atoms with van der Waals surface area (Å²) >= 11 is 0. The Bertz CT molecular complexity index is 1300. The minimum Gasteiger partial charge on any atom is -0.490 e. The third kappa shape index (κ3) is 2.55. The number of esters is 1. The Morgan fingerprint density at radius 3 is 2.87 bits per heavy atom. The van der Waals surface area contributed by atoms with Gasteiger partial charge in [0.25, 0.3) is 5.56 Å². The van der Waals surface area contributed by atoms with E-state index in [0.29, 0.717) is 39.2 Å². The molecule has 8 nitrogen and oxygen atoms in total. The summed E-state index contributed by atoms with van der Waals surface area (Å²) in [6.07, 6.45) is -1.55. The number of cyclic esters (lactones) is 1. The number of carbonyl (C=O) groups excluding carboxylic acids is 1. The molecule has 0 aliphatic carbocycles. The third-order valence-electron chi connectivity index (χ3n) is 5.52. The van der Waals surface area contributed by atoms with Crippen molar-refractivity contribution < 1.29 is 28.9 Å². The summed E-state index contributed by atoms with van der Waals surface area (Å²) in [5.74, 6) is -0.829. The van der Waals surface area contributed by atoms with Gasteiger partial charge in [0.15, 0.2) is 6.10 Å². The van der Waals surface area contributed by atoms with Crippen LogP contribution in [0.25, 0.3) is 22.3 Å². The molecule has 0 radical (unpaired) electrons. The lowest BCUT2D eigenvalue weighted by Gasteiger charge is -2.21. The zero-order valence-electron chi connectivity index (χ0n) is 15.9. The van der Waals surface area contributed by atoms with Gasteiger partial charge in [0.05, 0.1) is 35.6 Å². The van der Waals surface area contributed by atoms with Crippen LogP contribution in [-0.2, 0) is 22.7 Å². The Morgan fingerprint density at radius 1 is 1.30 bits per heavy atom. The largest absolute Gasteiger partial charge is 0.490 e. The number of hydrogen-bond donors (Lipinski definition) is 2. The molecule has 0 amide bonds. The number of aryl methyl sites for hydroxylation is 1. The van der Waals surface area contributed by atoms with Crippen molar-refractivity contribution in [2.75, 3.05) is 13.2 Å². The molecule has 3 aromatic rings. The van der Waals surface area contributed by atoms with Crippen molar-refractivity contribution >= 4 is 16.9 Å². The maximum Gasteiger partial charge on any atom is 0.340 e. The summed E-state index contributed by atoms with van der Waals surface area (Å²) in [6, 6.07) is 4.46. The number of pyridine rings is 2. The number of benzene rings is 1. The molecule has 0 saturated carbocycles. The number of carbonyl (C=O) groups is 1. The predicted octanol–water partition coefficient (Wildman–Crippen LogP) is 1.33. The van der Waals surface area contributed by atoms with E-state index in [9.17, 15) is 24.2 Å². The van der Waals surface area contributed by atoms with Crippen LogP contribution < -0.4 is 10.3 Å². The van der Waals surface area contributed by atoms with Crippen LogP contribution in [0.15, 0.2) is 23.0 Å². The molecule has 1 aromatic carbocycles. The molecular weight excluding hydrogens is 395 g/mol. The molecule has 2 N–H and O–H groups in total. The number of rotatable bonds is 3. The number of fused-ring (bicyclic) bond motifs is 5. The molecule has 9 heteroatoms. The van der Waals surface area contributed by atoms with Gasteiger partial charge in [0.1, 0.15) is 24.8 Å². The van der Waals surface area contributed by atoms with Gasteiger partial charge in [-0.3, -0.25) is 4.79 Å². The van der Waals surface area contributed by atoms with Crippen molar-refractivity contribution in [3.05, 3.63) is 56.6 Å². The first-order valence-corrected chi connectivity index (χ1v) is 9.38. The average Bonchev–Trinajstić information content (AvgIpc) is 3.08. The summed E-state index contributed by atoms with van der Waals surface area (Å²) in [4.78, 5) is 29.4. The van der Waals surface area contributed by atoms with E-state index in [2.05, 4.69) is 4.98 Å². The molecule has 4 heterocycles. The summed E-state index contributed by atoms with van der Waals surface area (Å²) < 4.78 is 26.3. The van der Waals surface area contributed by atoms with E-state index in [1.54, 1.807) is 19.1 Å². The van der Waals surface area contributed by atoms with Crippen molar-refractivity contribution in [1.29, 1.82) is 0 Å². The molecule has 0 spiro atoms. The molecular formula is C21H17FN2O6. The first-order chi connectivity index (χ1) is 14.4. The van der Waals surface area contributed by atoms with Crippen LogP contribution in [0.3, 0.4) is 0 Å². The van der Waals surface area contributed by atoms with Gasteiger partial charge in [-0.1, -0.05) is 0 Å². The predicted molar refractivity (Wildman–Crippen MR) is 103 cm³/mol. The Kier molecular flexibility index (Phi) is 4.12. The molecule has 30 heavy (non-hydrogen) atoms. The van der Waals surface area contributed by atoms with E-state index in [-0.39, 0.29) is 37.5 Å². The third-order valence-corrected chi connectivity index (χ3v) is 5.52. The molecule has 5 rings (SSSR count). The molecule has 2 aliphatic rings. The highest BCUT2D eigenvalue weighted by molar-refractivity contribution is 5.91. The Labute approximate surface area is 169 Å². The average molecular weight is 412 g/mol. The van der Waals surface area contributed by atoms with Crippen LogP contribution in [0.5, 0.6) is 5.75 Å². The van der Waals surface area contributed by atoms with Crippen LogP contribution in [0.2, 0.25) is 0 Å². The highest BCUT2D eigenvalue weighted by atomic mass is 19.1. The molecule has 0 bridgehead atoms. The highest BCUT2D eigenvalue weighted by Gasteiger charge is 2.35. The standard InChI is InChI=1S/C21H17FN2O6/c1-9-4-11-15(6-14(9)22)23-17-12(19(11)29-3-2-25)7-24-16(17)5-10-13(20(24)27)8-30-21(28)18(10)26/h4-6,18,25-26H,2-3,7-8H2,1H3. The lowest BCUT2D eigenvalue weighted by atomic mass is 10.00. The second-order valence-electron chi connectivity index (χ2n) is 7.32. The number of hydrogen-bond acceptors (Lipinski definition) is 7. The molecule has 154 valence electrons. The van der Waals surface area contributed by atoms with Crippen molar-refractivity contribution in [2.45, 2.75) is 26.2 Å². The Hall–Kier alpha value is -3.30. The quantitative estimate of drug-likeness (QED) is 0.489. The zero-order chi connectivity index (χ0) is 21.2. The van der Waals surface area contributed by atoms with Crippen LogP contribution >= 0.6 is 0 Å². The van der Waals surface area contributed by atoms with Crippen molar-refractivity contribution in [1.82, 2.24) is 9.55 Å². The number of halogens is 1. The lowest BCUT2D eigenvalue weighted by molar-refractivity contribution is -0.157. The number of aromatic nitrogens is 2. The molecule has 1 atom stereocenters. The van der Waals surface area contributed by atoms with Gasteiger partial charge in [-0.05, 0) is 24.6 Å². The summed E-state index contributed by atoms with van der Waals surface area (Å²) in [5.41, 5.74) is 2.18. The van der Waals surface area contributed by atoms with E-state index in [0.717, 1.165) is 0 Å². The SMILES string of the molecule is Cc1cc2c(OCCO)c3c(nc2cc1F)-c1cc2c(c(=O)n1C3)COC(=O)C2O. The van der Waals surface area contributed by atoms with E-state index < -0.39 is 23.4 Å². The molecule has 2 aromatic heterocycles. The van der Waals surface area contributed by atoms with Gasteiger partial charge < -0.3 is 24.3 Å². The number of ether oxygens (including phenoxy) is 2. The second-order valence-corrected chi connectivity index (χ2v) is 7.32. The molecule has 0 saturated heterocycles. The van der Waals surface area contributed by atoms with E-state index >= 15 is 0 Å². The minimum atomic E-state index is -1.55. The zero-order valence-corrected chi connectivity index (χ0v) is 15.9. The Balaban J connectivity index is 1.80. The number of aliphatic hydroxyl groups is 2. The van der Waals surface area contributed by atoms with Crippen LogP contribution in [0, 0.1) is 12.7 Å². The molecule has 0 fully saturated rings. The minimum absolute atomic E-state index is 0.0186. The van der Waals surface area contributed by atoms with Crippen molar-refractivity contribution in [2.24, 2.45) is 0 Å². The van der Waals surface area contributed by atoms with Gasteiger partial charge in [0.2, 0.25) is 0 Å². The molecule has 1 unspecified atom stereocenters. The fourth-order valence-corrected chi connectivity index (χ4v) is 4.03. The van der Waals surface area contributed by atoms with Crippen LogP contribution in [-0.4, -0.2) is 38.9 Å². The van der Waals surface area contributed by atoms with Crippen LogP contribution in [0.1, 0.15) is 28.4 Å². The van der Waals surface area contributed by atoms with Crippen molar-refractivity contribution in [3.63, 3.8) is 0 Å². The second kappa shape index (κ2) is 6.61. The highest BCUT2D eigenvalue weighted by Crippen LogP contribution is 2.41. The summed E-state index contributed by atoms with van der Waals surface area (Å²) in [6.45, 7) is 1.37. The number of nitrogens with zero attached hydrogens (tertiary/aromatic N) is 2. The first-order valence-electron chi connectivity index (χ1n) is 9.38. The van der Waals surface area contributed by atoms with Gasteiger partial charge in [-0.15, -0.1) is 0 Å². The fraction of sp³-hybridized carbons (Fsp3) is 0.286. The normalized spacial score (nSPS) is 16.8. The number of aliphatic hydroxyl groups excluding tert-OH is 2. The van der Waals surface area contributed by atoms with E-state index in [1.165, 1.54) is 10.6 Å². The summed E-state index contributed by atoms with van der Waals surface area (Å²) in [7, 11) is 0. The van der Waals surface area contributed by atoms with Gasteiger partial charge >= 0.3 is 5.97 Å². The summed E-state index contributed by atoms with van der Waals surface area (Å²) in [5, 5.41) is 20.0. The first kappa shape index (κ1) is 18.7. The van der Waals surface area contributed by atoms with Gasteiger partial charge in [-0.25, -0.2) is 14.2 Å². The smallest absolute Gasteiger partial charge is 0.340 e. The monoisotopic (exact) mass is 412 g/mol. The maximum atomic E-state index is 14.2. The lowest BCUT2D eigenvalue weighted by Crippen LogP contribution is -2.32. The van der Waals surface area contributed by atoms with E-state index in [1.807, 2.05) is 0 Å².